The lowest BCUT2D eigenvalue weighted by Crippen LogP contribution is -2.39. The first-order chi connectivity index (χ1) is 10.3. The van der Waals surface area contributed by atoms with Crippen LogP contribution in [0.2, 0.25) is 0 Å². The van der Waals surface area contributed by atoms with Gasteiger partial charge < -0.3 is 20.3 Å². The fourth-order valence-electron chi connectivity index (χ4n) is 2.22. The van der Waals surface area contributed by atoms with E-state index in [2.05, 4.69) is 41.3 Å². The zero-order chi connectivity index (χ0) is 15.8. The fourth-order valence-corrected chi connectivity index (χ4v) is 2.22. The number of methoxy groups -OCH3 is 1. The second-order valence-electron chi connectivity index (χ2n) is 5.23. The van der Waals surface area contributed by atoms with Crippen molar-refractivity contribution in [2.24, 2.45) is 4.99 Å². The van der Waals surface area contributed by atoms with E-state index in [1.165, 1.54) is 25.9 Å². The van der Waals surface area contributed by atoms with Crippen molar-refractivity contribution < 1.29 is 4.74 Å². The molecule has 21 heavy (non-hydrogen) atoms. The number of hydrogen-bond donors (Lipinski definition) is 2. The van der Waals surface area contributed by atoms with Crippen LogP contribution >= 0.6 is 0 Å². The molecule has 0 radical (unpaired) electrons. The third kappa shape index (κ3) is 12.6. The van der Waals surface area contributed by atoms with Crippen LogP contribution < -0.4 is 10.6 Å². The quantitative estimate of drug-likeness (QED) is 0.311. The topological polar surface area (TPSA) is 48.9 Å². The largest absolute Gasteiger partial charge is 0.385 e. The van der Waals surface area contributed by atoms with Gasteiger partial charge in [0, 0.05) is 33.4 Å². The van der Waals surface area contributed by atoms with Crippen molar-refractivity contribution in [3.63, 3.8) is 0 Å². The van der Waals surface area contributed by atoms with E-state index < -0.39 is 0 Å². The molecule has 0 aliphatic carbocycles. The average molecular weight is 300 g/mol. The van der Waals surface area contributed by atoms with Gasteiger partial charge in [-0.1, -0.05) is 13.8 Å². The summed E-state index contributed by atoms with van der Waals surface area (Å²) in [5, 5.41) is 6.69. The minimum Gasteiger partial charge on any atom is -0.385 e. The van der Waals surface area contributed by atoms with E-state index >= 15 is 0 Å². The maximum atomic E-state index is 5.04. The molecular weight excluding hydrogens is 264 g/mol. The highest BCUT2D eigenvalue weighted by Crippen LogP contribution is 1.95. The van der Waals surface area contributed by atoms with Gasteiger partial charge in [0.2, 0.25) is 0 Å². The number of nitrogens with one attached hydrogen (secondary N) is 2. The summed E-state index contributed by atoms with van der Waals surface area (Å²) < 4.78 is 5.04. The Balaban J connectivity index is 3.89. The Kier molecular flexibility index (Phi) is 15.0. The Hall–Kier alpha value is -0.810. The molecular formula is C16H36N4O. The van der Waals surface area contributed by atoms with Crippen molar-refractivity contribution in [3.8, 4) is 0 Å². The fraction of sp³-hybridized carbons (Fsp3) is 0.938. The Morgan fingerprint density at radius 2 is 1.71 bits per heavy atom. The molecule has 126 valence electrons. The van der Waals surface area contributed by atoms with Crippen LogP contribution in [0.3, 0.4) is 0 Å². The number of hydrogen-bond acceptors (Lipinski definition) is 3. The highest BCUT2D eigenvalue weighted by atomic mass is 16.5. The molecule has 5 nitrogen and oxygen atoms in total. The third-order valence-electron chi connectivity index (χ3n) is 3.14. The van der Waals surface area contributed by atoms with Crippen LogP contribution in [0.15, 0.2) is 4.99 Å². The molecule has 0 bridgehead atoms. The second-order valence-corrected chi connectivity index (χ2v) is 5.23. The van der Waals surface area contributed by atoms with E-state index in [1.807, 2.05) is 0 Å². The van der Waals surface area contributed by atoms with Gasteiger partial charge in [-0.05, 0) is 52.2 Å². The standard InChI is InChI=1S/C16H36N4O/c1-5-12-20(13-6-2)14-8-10-18-16(17-7-3)19-11-9-15-21-4/h5-15H2,1-4H3,(H2,17,18,19). The summed E-state index contributed by atoms with van der Waals surface area (Å²) >= 11 is 0. The molecule has 0 saturated carbocycles. The zero-order valence-corrected chi connectivity index (χ0v) is 14.6. The van der Waals surface area contributed by atoms with Gasteiger partial charge in [0.05, 0.1) is 0 Å². The van der Waals surface area contributed by atoms with Crippen molar-refractivity contribution in [3.05, 3.63) is 0 Å². The molecule has 0 spiro atoms. The van der Waals surface area contributed by atoms with Gasteiger partial charge in [0.15, 0.2) is 5.96 Å². The van der Waals surface area contributed by atoms with E-state index in [-0.39, 0.29) is 0 Å². The van der Waals surface area contributed by atoms with Gasteiger partial charge in [-0.2, -0.15) is 0 Å². The van der Waals surface area contributed by atoms with Gasteiger partial charge in [-0.3, -0.25) is 4.99 Å². The minimum absolute atomic E-state index is 0.770. The minimum atomic E-state index is 0.770. The lowest BCUT2D eigenvalue weighted by molar-refractivity contribution is 0.197. The van der Waals surface area contributed by atoms with Gasteiger partial charge in [0.25, 0.3) is 0 Å². The smallest absolute Gasteiger partial charge is 0.191 e. The SMILES string of the molecule is CCCN(CCC)CCCNC(=NCCCOC)NCC. The molecule has 0 amide bonds. The summed E-state index contributed by atoms with van der Waals surface area (Å²) in [7, 11) is 1.73. The van der Waals surface area contributed by atoms with Crippen LogP contribution in [0.4, 0.5) is 0 Å². The molecule has 2 N–H and O–H groups in total. The van der Waals surface area contributed by atoms with Gasteiger partial charge >= 0.3 is 0 Å². The molecule has 0 aromatic heterocycles. The Labute approximate surface area is 131 Å². The Morgan fingerprint density at radius 3 is 2.29 bits per heavy atom. The summed E-state index contributed by atoms with van der Waals surface area (Å²) in [5.41, 5.74) is 0. The zero-order valence-electron chi connectivity index (χ0n) is 14.6. The van der Waals surface area contributed by atoms with Crippen molar-refractivity contribution in [2.45, 2.75) is 46.5 Å². The van der Waals surface area contributed by atoms with Crippen molar-refractivity contribution in [2.75, 3.05) is 53.0 Å². The van der Waals surface area contributed by atoms with Crippen molar-refractivity contribution >= 4 is 5.96 Å². The predicted octanol–water partition coefficient (Wildman–Crippen LogP) is 2.09. The monoisotopic (exact) mass is 300 g/mol. The molecule has 0 aliphatic rings. The van der Waals surface area contributed by atoms with E-state index in [0.29, 0.717) is 0 Å². The first-order valence-corrected chi connectivity index (χ1v) is 8.51. The maximum absolute atomic E-state index is 5.04. The number of ether oxygens (including phenoxy) is 1. The molecule has 0 unspecified atom stereocenters. The van der Waals surface area contributed by atoms with E-state index in [4.69, 9.17) is 4.74 Å². The van der Waals surface area contributed by atoms with Crippen LogP contribution in [-0.2, 0) is 4.74 Å². The Bertz CT molecular complexity index is 240. The summed E-state index contributed by atoms with van der Waals surface area (Å²) in [4.78, 5) is 7.09. The number of aliphatic imine (C=N–C) groups is 1. The van der Waals surface area contributed by atoms with Crippen LogP contribution in [0.25, 0.3) is 0 Å². The molecule has 0 aliphatic heterocycles. The molecule has 0 atom stereocenters. The van der Waals surface area contributed by atoms with Gasteiger partial charge in [-0.25, -0.2) is 0 Å². The van der Waals surface area contributed by atoms with Crippen LogP contribution in [-0.4, -0.2) is 63.8 Å². The summed E-state index contributed by atoms with van der Waals surface area (Å²) in [5.74, 6) is 0.922. The van der Waals surface area contributed by atoms with Crippen molar-refractivity contribution in [1.29, 1.82) is 0 Å². The van der Waals surface area contributed by atoms with Gasteiger partial charge in [0.1, 0.15) is 0 Å². The second kappa shape index (κ2) is 15.6. The highest BCUT2D eigenvalue weighted by Gasteiger charge is 2.02. The summed E-state index contributed by atoms with van der Waals surface area (Å²) in [6.07, 6.45) is 4.59. The Morgan fingerprint density at radius 1 is 1.00 bits per heavy atom. The first-order valence-electron chi connectivity index (χ1n) is 8.51. The summed E-state index contributed by atoms with van der Waals surface area (Å²) in [6.45, 7) is 13.6. The molecule has 0 rings (SSSR count). The number of nitrogens with zero attached hydrogens (tertiary/aromatic N) is 2. The van der Waals surface area contributed by atoms with E-state index in [0.717, 1.165) is 51.6 Å². The van der Waals surface area contributed by atoms with Crippen LogP contribution in [0.5, 0.6) is 0 Å². The third-order valence-corrected chi connectivity index (χ3v) is 3.14. The molecule has 0 aromatic rings. The van der Waals surface area contributed by atoms with Crippen LogP contribution in [0.1, 0.15) is 46.5 Å². The molecule has 0 heterocycles. The maximum Gasteiger partial charge on any atom is 0.191 e. The molecule has 5 heteroatoms. The average Bonchev–Trinajstić information content (AvgIpc) is 2.48. The number of guanidine groups is 1. The molecule has 0 fully saturated rings. The number of rotatable bonds is 13. The molecule has 0 saturated heterocycles. The highest BCUT2D eigenvalue weighted by molar-refractivity contribution is 5.79. The van der Waals surface area contributed by atoms with Crippen molar-refractivity contribution in [1.82, 2.24) is 15.5 Å². The summed E-state index contributed by atoms with van der Waals surface area (Å²) in [6, 6.07) is 0. The molecule has 0 aromatic carbocycles. The van der Waals surface area contributed by atoms with E-state index in [1.54, 1.807) is 7.11 Å². The predicted molar refractivity (Wildman–Crippen MR) is 92.1 cm³/mol. The van der Waals surface area contributed by atoms with E-state index in [9.17, 15) is 0 Å². The lowest BCUT2D eigenvalue weighted by Gasteiger charge is -2.21. The first kappa shape index (κ1) is 20.2. The lowest BCUT2D eigenvalue weighted by atomic mass is 10.3. The van der Waals surface area contributed by atoms with Crippen LogP contribution in [0, 0.1) is 0 Å². The van der Waals surface area contributed by atoms with Gasteiger partial charge in [-0.15, -0.1) is 0 Å². The normalized spacial score (nSPS) is 12.0.